The van der Waals surface area contributed by atoms with Crippen LogP contribution in [0.3, 0.4) is 0 Å². The monoisotopic (exact) mass is 437 g/mol. The fourth-order valence-corrected chi connectivity index (χ4v) is 4.30. The molecule has 7 heteroatoms. The maximum absolute atomic E-state index is 11.0. The lowest BCUT2D eigenvalue weighted by Gasteiger charge is -2.42. The molecule has 0 amide bonds. The van der Waals surface area contributed by atoms with Gasteiger partial charge < -0.3 is 29.6 Å². The second-order valence-electron chi connectivity index (χ2n) is 8.34. The van der Waals surface area contributed by atoms with Gasteiger partial charge >= 0.3 is 0 Å². The number of ether oxygens (including phenoxy) is 1. The summed E-state index contributed by atoms with van der Waals surface area (Å²) in [6.45, 7) is 2.90. The Morgan fingerprint density at radius 1 is 1.28 bits per heavy atom. The third-order valence-corrected chi connectivity index (χ3v) is 6.31. The minimum atomic E-state index is -0.626. The summed E-state index contributed by atoms with van der Waals surface area (Å²) in [5, 5.41) is 25.4. The number of β-amino-alcohol motifs (C(OH)–C–C–N with tert-alkyl or cyclic N) is 1. The number of rotatable bonds is 9. The summed E-state index contributed by atoms with van der Waals surface area (Å²) in [6, 6.07) is 11.4. The van der Waals surface area contributed by atoms with E-state index in [4.69, 9.17) is 9.15 Å². The van der Waals surface area contributed by atoms with Crippen molar-refractivity contribution in [2.24, 2.45) is 0 Å². The second kappa shape index (κ2) is 10.3. The van der Waals surface area contributed by atoms with Crippen LogP contribution in [0.15, 0.2) is 59.4 Å². The molecule has 4 rings (SSSR count). The highest BCUT2D eigenvalue weighted by Gasteiger charge is 2.33. The molecule has 0 unspecified atom stereocenters. The van der Waals surface area contributed by atoms with Gasteiger partial charge in [-0.15, -0.1) is 0 Å². The molecular weight excluding hydrogens is 406 g/mol. The van der Waals surface area contributed by atoms with Crippen molar-refractivity contribution in [2.75, 3.05) is 39.9 Å². The van der Waals surface area contributed by atoms with E-state index in [0.29, 0.717) is 13.1 Å². The maximum atomic E-state index is 11.0. The number of aliphatic hydroxyl groups is 2. The van der Waals surface area contributed by atoms with E-state index in [2.05, 4.69) is 15.2 Å². The van der Waals surface area contributed by atoms with E-state index in [0.717, 1.165) is 53.9 Å². The number of piperidine rings is 1. The van der Waals surface area contributed by atoms with Gasteiger partial charge in [0.15, 0.2) is 0 Å². The van der Waals surface area contributed by atoms with Crippen molar-refractivity contribution in [1.82, 2.24) is 15.2 Å². The minimum Gasteiger partial charge on any atom is -0.497 e. The van der Waals surface area contributed by atoms with E-state index in [-0.39, 0.29) is 12.1 Å². The zero-order valence-corrected chi connectivity index (χ0v) is 18.4. The summed E-state index contributed by atoms with van der Waals surface area (Å²) in [4.78, 5) is 6.66. The zero-order valence-electron chi connectivity index (χ0n) is 18.4. The number of nitrogens with one attached hydrogen (secondary N) is 1. The maximum Gasteiger partial charge on any atom is 0.126 e. The van der Waals surface area contributed by atoms with Gasteiger partial charge in [0.1, 0.15) is 11.5 Å². The fraction of sp³-hybridized carbons (Fsp3) is 0.400. The van der Waals surface area contributed by atoms with E-state index in [1.54, 1.807) is 19.6 Å². The minimum absolute atomic E-state index is 0.0901. The van der Waals surface area contributed by atoms with Gasteiger partial charge in [0.25, 0.3) is 0 Å². The van der Waals surface area contributed by atoms with E-state index >= 15 is 0 Å². The van der Waals surface area contributed by atoms with Crippen molar-refractivity contribution in [3.63, 3.8) is 0 Å². The van der Waals surface area contributed by atoms with E-state index in [1.165, 1.54) is 0 Å². The lowest BCUT2D eigenvalue weighted by Crippen LogP contribution is -2.56. The molecular formula is C25H31N3O4. The van der Waals surface area contributed by atoms with E-state index in [9.17, 15) is 10.2 Å². The number of fused-ring (bicyclic) bond motifs is 1. The number of nitrogens with zero attached hydrogens (tertiary/aromatic N) is 2. The van der Waals surface area contributed by atoms with Crippen LogP contribution < -0.4 is 10.1 Å². The second-order valence-corrected chi connectivity index (χ2v) is 8.34. The number of benzene rings is 1. The Labute approximate surface area is 188 Å². The number of hydrogen-bond acceptors (Lipinski definition) is 7. The molecule has 0 bridgehead atoms. The molecule has 3 N–H and O–H groups in total. The average Bonchev–Trinajstić information content (AvgIpc) is 3.36. The van der Waals surface area contributed by atoms with Crippen molar-refractivity contribution in [2.45, 2.75) is 24.5 Å². The first-order chi connectivity index (χ1) is 15.6. The number of aromatic nitrogens is 1. The van der Waals surface area contributed by atoms with Crippen LogP contribution in [0.2, 0.25) is 0 Å². The number of furan rings is 1. The number of aliphatic hydroxyl groups excluding tert-OH is 2. The first-order valence-corrected chi connectivity index (χ1v) is 11.0. The quantitative estimate of drug-likeness (QED) is 0.474. The van der Waals surface area contributed by atoms with E-state index < -0.39 is 6.10 Å². The van der Waals surface area contributed by atoms with Crippen LogP contribution in [0.5, 0.6) is 5.75 Å². The van der Waals surface area contributed by atoms with Crippen molar-refractivity contribution < 1.29 is 19.4 Å². The smallest absolute Gasteiger partial charge is 0.126 e. The third kappa shape index (κ3) is 5.19. The summed E-state index contributed by atoms with van der Waals surface area (Å²) in [7, 11) is 1.63. The van der Waals surface area contributed by atoms with Gasteiger partial charge in [0, 0.05) is 43.3 Å². The molecule has 1 aromatic carbocycles. The molecule has 0 spiro atoms. The SMILES string of the molecule is COc1ccc2nccc([C@@H](O)CN3CCC(CO)(NCC=Cc4ccco4)CC3)c2c1. The Hall–Kier alpha value is -2.71. The predicted molar refractivity (Wildman–Crippen MR) is 124 cm³/mol. The van der Waals surface area contributed by atoms with Crippen molar-refractivity contribution >= 4 is 17.0 Å². The molecule has 32 heavy (non-hydrogen) atoms. The summed E-state index contributed by atoms with van der Waals surface area (Å²) < 4.78 is 10.6. The van der Waals surface area contributed by atoms with Gasteiger partial charge in [-0.2, -0.15) is 0 Å². The summed E-state index contributed by atoms with van der Waals surface area (Å²) in [6.07, 6.45) is 8.33. The molecule has 3 aromatic rings. The van der Waals surface area contributed by atoms with Crippen LogP contribution >= 0.6 is 0 Å². The normalized spacial score (nSPS) is 17.7. The van der Waals surface area contributed by atoms with Crippen molar-refractivity contribution in [3.05, 3.63) is 66.3 Å². The van der Waals surface area contributed by atoms with Crippen LogP contribution in [0, 0.1) is 0 Å². The Balaban J connectivity index is 1.34. The topological polar surface area (TPSA) is 91.0 Å². The largest absolute Gasteiger partial charge is 0.497 e. The fourth-order valence-electron chi connectivity index (χ4n) is 4.30. The Morgan fingerprint density at radius 2 is 2.12 bits per heavy atom. The molecule has 0 aliphatic carbocycles. The molecule has 1 atom stereocenters. The van der Waals surface area contributed by atoms with Crippen LogP contribution in [-0.4, -0.2) is 65.5 Å². The van der Waals surface area contributed by atoms with Gasteiger partial charge in [0.05, 0.1) is 31.6 Å². The zero-order chi connectivity index (χ0) is 22.4. The van der Waals surface area contributed by atoms with Gasteiger partial charge in [0.2, 0.25) is 0 Å². The lowest BCUT2D eigenvalue weighted by atomic mass is 9.88. The molecule has 3 heterocycles. The van der Waals surface area contributed by atoms with Crippen LogP contribution in [-0.2, 0) is 0 Å². The highest BCUT2D eigenvalue weighted by atomic mass is 16.5. The molecule has 1 aliphatic rings. The first-order valence-electron chi connectivity index (χ1n) is 11.0. The van der Waals surface area contributed by atoms with Crippen LogP contribution in [0.4, 0.5) is 0 Å². The van der Waals surface area contributed by atoms with Gasteiger partial charge in [-0.05, 0) is 60.9 Å². The highest BCUT2D eigenvalue weighted by Crippen LogP contribution is 2.29. The van der Waals surface area contributed by atoms with Crippen LogP contribution in [0.25, 0.3) is 17.0 Å². The molecule has 7 nitrogen and oxygen atoms in total. The number of methoxy groups -OCH3 is 1. The summed E-state index contributed by atoms with van der Waals surface area (Å²) in [5.74, 6) is 1.56. The summed E-state index contributed by atoms with van der Waals surface area (Å²) in [5.41, 5.74) is 1.40. The molecule has 1 saturated heterocycles. The van der Waals surface area contributed by atoms with Crippen LogP contribution in [0.1, 0.15) is 30.3 Å². The first kappa shape index (κ1) is 22.5. The van der Waals surface area contributed by atoms with Gasteiger partial charge in [-0.25, -0.2) is 0 Å². The van der Waals surface area contributed by atoms with Crippen molar-refractivity contribution in [1.29, 1.82) is 0 Å². The molecule has 1 fully saturated rings. The molecule has 1 aliphatic heterocycles. The predicted octanol–water partition coefficient (Wildman–Crippen LogP) is 3.00. The third-order valence-electron chi connectivity index (χ3n) is 6.31. The number of pyridine rings is 1. The van der Waals surface area contributed by atoms with E-state index in [1.807, 2.05) is 48.6 Å². The Morgan fingerprint density at radius 3 is 2.84 bits per heavy atom. The van der Waals surface area contributed by atoms with Gasteiger partial charge in [-0.3, -0.25) is 4.98 Å². The lowest BCUT2D eigenvalue weighted by molar-refractivity contribution is 0.0511. The molecule has 2 aromatic heterocycles. The van der Waals surface area contributed by atoms with Crippen molar-refractivity contribution in [3.8, 4) is 5.75 Å². The number of likely N-dealkylation sites (tertiary alicyclic amines) is 1. The number of hydrogen-bond donors (Lipinski definition) is 3. The highest BCUT2D eigenvalue weighted by molar-refractivity contribution is 5.83. The molecule has 0 radical (unpaired) electrons. The summed E-state index contributed by atoms with van der Waals surface area (Å²) >= 11 is 0. The Kier molecular flexibility index (Phi) is 7.22. The average molecular weight is 438 g/mol. The molecule has 0 saturated carbocycles. The molecule has 170 valence electrons. The Bertz CT molecular complexity index is 1030. The van der Waals surface area contributed by atoms with Gasteiger partial charge in [-0.1, -0.05) is 6.08 Å². The standard InChI is InChI=1S/C25H31N3O4/c1-31-20-6-7-23-22(16-20)21(8-12-26-23)24(30)17-28-13-9-25(18-29,10-14-28)27-11-2-4-19-5-3-15-32-19/h2-8,12,15-16,24,27,29-30H,9-11,13-14,17-18H2,1H3/t24-/m0/s1.